The number of nitrogens with zero attached hydrogens (tertiary/aromatic N) is 3. The Balaban J connectivity index is 2.09. The van der Waals surface area contributed by atoms with Crippen LogP contribution < -0.4 is 9.62 Å². The van der Waals surface area contributed by atoms with E-state index >= 15 is 0 Å². The summed E-state index contributed by atoms with van der Waals surface area (Å²) in [6.07, 6.45) is 1.14. The zero-order chi connectivity index (χ0) is 28.7. The fraction of sp³-hybridized carbons (Fsp3) is 0.286. The maximum atomic E-state index is 14.0. The van der Waals surface area contributed by atoms with E-state index in [9.17, 15) is 28.1 Å². The van der Waals surface area contributed by atoms with E-state index in [1.54, 1.807) is 6.92 Å². The number of hydrogen-bond donors (Lipinski definition) is 1. The van der Waals surface area contributed by atoms with Gasteiger partial charge in [-0.3, -0.25) is 24.0 Å². The first-order chi connectivity index (χ1) is 18.4. The number of benzene rings is 3. The van der Waals surface area contributed by atoms with Gasteiger partial charge in [0.25, 0.3) is 5.69 Å². The van der Waals surface area contributed by atoms with Crippen LogP contribution in [0.5, 0.6) is 0 Å². The van der Waals surface area contributed by atoms with E-state index < -0.39 is 39.3 Å². The highest BCUT2D eigenvalue weighted by Crippen LogP contribution is 2.28. The smallest absolute Gasteiger partial charge is 0.271 e. The van der Waals surface area contributed by atoms with Crippen molar-refractivity contribution >= 4 is 33.2 Å². The molecule has 0 aromatic heterocycles. The van der Waals surface area contributed by atoms with Crippen molar-refractivity contribution in [2.45, 2.75) is 32.9 Å². The Labute approximate surface area is 228 Å². The van der Waals surface area contributed by atoms with Crippen LogP contribution >= 0.6 is 0 Å². The molecule has 0 bridgehead atoms. The van der Waals surface area contributed by atoms with Crippen LogP contribution in [0.2, 0.25) is 0 Å². The maximum absolute atomic E-state index is 14.0. The summed E-state index contributed by atoms with van der Waals surface area (Å²) >= 11 is 0. The molecule has 0 radical (unpaired) electrons. The molecule has 3 rings (SSSR count). The lowest BCUT2D eigenvalue weighted by Gasteiger charge is -2.33. The number of likely N-dealkylation sites (N-methyl/N-ethyl adjacent to an activating group) is 1. The second kappa shape index (κ2) is 12.5. The Morgan fingerprint density at radius 2 is 1.62 bits per heavy atom. The van der Waals surface area contributed by atoms with Gasteiger partial charge in [-0.05, 0) is 36.1 Å². The number of nitro benzene ring substituents is 1. The highest BCUT2D eigenvalue weighted by atomic mass is 32.2. The number of hydrogen-bond acceptors (Lipinski definition) is 6. The Hall–Kier alpha value is -4.25. The number of carbonyl (C=O) groups is 2. The molecule has 11 heteroatoms. The monoisotopic (exact) mass is 552 g/mol. The Bertz CT molecular complexity index is 1460. The van der Waals surface area contributed by atoms with E-state index in [1.165, 1.54) is 24.1 Å². The minimum atomic E-state index is -4.04. The highest BCUT2D eigenvalue weighted by Gasteiger charge is 2.33. The number of aryl methyl sites for hydroxylation is 2. The molecule has 2 amide bonds. The van der Waals surface area contributed by atoms with Gasteiger partial charge in [-0.15, -0.1) is 0 Å². The van der Waals surface area contributed by atoms with Crippen molar-refractivity contribution in [1.82, 2.24) is 10.2 Å². The van der Waals surface area contributed by atoms with Crippen molar-refractivity contribution < 1.29 is 22.9 Å². The lowest BCUT2D eigenvalue weighted by Crippen LogP contribution is -2.53. The van der Waals surface area contributed by atoms with E-state index in [2.05, 4.69) is 5.32 Å². The van der Waals surface area contributed by atoms with Gasteiger partial charge in [-0.1, -0.05) is 60.7 Å². The topological polar surface area (TPSA) is 130 Å². The zero-order valence-electron chi connectivity index (χ0n) is 22.3. The van der Waals surface area contributed by atoms with Crippen molar-refractivity contribution in [3.63, 3.8) is 0 Å². The third-order valence-electron chi connectivity index (χ3n) is 6.47. The SMILES string of the molecule is CNC(=O)C(Cc1ccccc1)N(Cc1ccccc1C)C(=O)CN(c1cc([N+](=O)[O-])ccc1C)S(C)(=O)=O. The van der Waals surface area contributed by atoms with E-state index in [0.29, 0.717) is 5.56 Å². The minimum absolute atomic E-state index is 0.0236. The molecule has 39 heavy (non-hydrogen) atoms. The van der Waals surface area contributed by atoms with Crippen LogP contribution in [-0.2, 0) is 32.6 Å². The molecule has 206 valence electrons. The lowest BCUT2D eigenvalue weighted by atomic mass is 10.0. The molecule has 0 saturated carbocycles. The minimum Gasteiger partial charge on any atom is -0.357 e. The van der Waals surface area contributed by atoms with Crippen LogP contribution in [0.3, 0.4) is 0 Å². The summed E-state index contributed by atoms with van der Waals surface area (Å²) < 4.78 is 26.6. The summed E-state index contributed by atoms with van der Waals surface area (Å²) in [6, 6.07) is 19.5. The molecular formula is C28H32N4O6S. The average molecular weight is 553 g/mol. The number of nitrogens with one attached hydrogen (secondary N) is 1. The van der Waals surface area contributed by atoms with E-state index in [0.717, 1.165) is 33.3 Å². The third-order valence-corrected chi connectivity index (χ3v) is 7.60. The lowest BCUT2D eigenvalue weighted by molar-refractivity contribution is -0.384. The summed E-state index contributed by atoms with van der Waals surface area (Å²) in [7, 11) is -2.56. The highest BCUT2D eigenvalue weighted by molar-refractivity contribution is 7.92. The average Bonchev–Trinajstić information content (AvgIpc) is 2.90. The van der Waals surface area contributed by atoms with E-state index in [-0.39, 0.29) is 24.3 Å². The first-order valence-corrected chi connectivity index (χ1v) is 14.1. The number of sulfonamides is 1. The standard InChI is InChI=1S/C28H32N4O6S/c1-20-10-8-9-13-23(20)18-30(26(28(34)29-3)16-22-11-6-5-7-12-22)27(33)19-31(39(4,37)38)25-17-24(32(35)36)15-14-21(25)2/h5-15,17,26H,16,18-19H2,1-4H3,(H,29,34). The Morgan fingerprint density at radius 3 is 2.21 bits per heavy atom. The molecule has 3 aromatic rings. The molecule has 0 fully saturated rings. The van der Waals surface area contributed by atoms with Gasteiger partial charge in [0.2, 0.25) is 21.8 Å². The van der Waals surface area contributed by atoms with Gasteiger partial charge < -0.3 is 10.2 Å². The molecule has 0 spiro atoms. The molecule has 0 aliphatic heterocycles. The van der Waals surface area contributed by atoms with Gasteiger partial charge in [0.1, 0.15) is 12.6 Å². The number of non-ortho nitro benzene ring substituents is 1. The molecule has 0 aliphatic rings. The molecular weight excluding hydrogens is 520 g/mol. The fourth-order valence-electron chi connectivity index (χ4n) is 4.27. The number of nitro groups is 1. The van der Waals surface area contributed by atoms with E-state index in [1.807, 2.05) is 61.5 Å². The molecule has 1 N–H and O–H groups in total. The van der Waals surface area contributed by atoms with Crippen molar-refractivity contribution in [3.05, 3.63) is 105 Å². The number of carbonyl (C=O) groups excluding carboxylic acids is 2. The molecule has 0 saturated heterocycles. The van der Waals surface area contributed by atoms with Crippen molar-refractivity contribution in [2.24, 2.45) is 0 Å². The molecule has 0 heterocycles. The number of anilines is 1. The van der Waals surface area contributed by atoms with Crippen LogP contribution in [0.15, 0.2) is 72.8 Å². The number of amides is 2. The number of rotatable bonds is 11. The van der Waals surface area contributed by atoms with Crippen LogP contribution in [0.25, 0.3) is 0 Å². The van der Waals surface area contributed by atoms with Crippen molar-refractivity contribution in [1.29, 1.82) is 0 Å². The van der Waals surface area contributed by atoms with Gasteiger partial charge in [0.05, 0.1) is 16.9 Å². The Kier molecular flexibility index (Phi) is 9.42. The summed E-state index contributed by atoms with van der Waals surface area (Å²) in [4.78, 5) is 39.3. The maximum Gasteiger partial charge on any atom is 0.271 e. The van der Waals surface area contributed by atoms with Crippen LogP contribution in [0.4, 0.5) is 11.4 Å². The van der Waals surface area contributed by atoms with Crippen LogP contribution in [0.1, 0.15) is 22.3 Å². The first-order valence-electron chi connectivity index (χ1n) is 12.2. The molecule has 10 nitrogen and oxygen atoms in total. The van der Waals surface area contributed by atoms with Crippen molar-refractivity contribution in [3.8, 4) is 0 Å². The summed E-state index contributed by atoms with van der Waals surface area (Å²) in [6.45, 7) is 2.91. The third kappa shape index (κ3) is 7.41. The molecule has 3 aromatic carbocycles. The predicted molar refractivity (Wildman–Crippen MR) is 150 cm³/mol. The largest absolute Gasteiger partial charge is 0.357 e. The van der Waals surface area contributed by atoms with Crippen molar-refractivity contribution in [2.75, 3.05) is 24.2 Å². The summed E-state index contributed by atoms with van der Waals surface area (Å²) in [5.74, 6) is -1.03. The second-order valence-corrected chi connectivity index (χ2v) is 11.2. The molecule has 1 unspecified atom stereocenters. The normalized spacial score (nSPS) is 11.9. The van der Waals surface area contributed by atoms with Gasteiger partial charge in [0, 0.05) is 32.1 Å². The first kappa shape index (κ1) is 29.3. The van der Waals surface area contributed by atoms with Crippen LogP contribution in [-0.4, -0.2) is 55.9 Å². The Morgan fingerprint density at radius 1 is 0.974 bits per heavy atom. The second-order valence-electron chi connectivity index (χ2n) is 9.27. The quantitative estimate of drug-likeness (QED) is 0.287. The van der Waals surface area contributed by atoms with Gasteiger partial charge in [-0.2, -0.15) is 0 Å². The molecule has 1 atom stereocenters. The van der Waals surface area contributed by atoms with E-state index in [4.69, 9.17) is 0 Å². The van der Waals surface area contributed by atoms with Crippen LogP contribution in [0, 0.1) is 24.0 Å². The molecule has 0 aliphatic carbocycles. The summed E-state index contributed by atoms with van der Waals surface area (Å²) in [5, 5.41) is 14.0. The van der Waals surface area contributed by atoms with Gasteiger partial charge in [-0.25, -0.2) is 8.42 Å². The summed E-state index contributed by atoms with van der Waals surface area (Å²) in [5.41, 5.74) is 2.68. The predicted octanol–water partition coefficient (Wildman–Crippen LogP) is 3.36. The van der Waals surface area contributed by atoms with Gasteiger partial charge >= 0.3 is 0 Å². The zero-order valence-corrected chi connectivity index (χ0v) is 23.1. The van der Waals surface area contributed by atoms with Gasteiger partial charge in [0.15, 0.2) is 0 Å². The fourth-order valence-corrected chi connectivity index (χ4v) is 5.17.